The molecule has 0 unspecified atom stereocenters. The highest BCUT2D eigenvalue weighted by atomic mass is 19.4. The Kier molecular flexibility index (Phi) is 6.76. The van der Waals surface area contributed by atoms with Crippen molar-refractivity contribution in [3.8, 4) is 0 Å². The Hall–Kier alpha value is -2.82. The highest BCUT2D eigenvalue weighted by Gasteiger charge is 2.77. The van der Waals surface area contributed by atoms with E-state index in [-0.39, 0.29) is 0 Å². The van der Waals surface area contributed by atoms with Crippen LogP contribution >= 0.6 is 0 Å². The van der Waals surface area contributed by atoms with E-state index in [0.717, 1.165) is 10.6 Å². The molecule has 0 aromatic heterocycles. The topological polar surface area (TPSA) is 58.2 Å². The number of benzene rings is 1. The van der Waals surface area contributed by atoms with Gasteiger partial charge in [0, 0.05) is 11.4 Å². The molecule has 182 valence electrons. The SMILES string of the molecule is O=C(Nc1ccc(NC(=O)C(F)(F)C(F)(F)C(F)(F)F)cc1)C(F)(F)C(F)(F)C(F)(F)F. The van der Waals surface area contributed by atoms with Gasteiger partial charge in [-0.15, -0.1) is 0 Å². The lowest BCUT2D eigenvalue weighted by molar-refractivity contribution is -0.343. The minimum atomic E-state index is -6.83. The highest BCUT2D eigenvalue weighted by Crippen LogP contribution is 2.48. The molecule has 1 aromatic carbocycles. The van der Waals surface area contributed by atoms with Gasteiger partial charge in [-0.1, -0.05) is 0 Å². The van der Waals surface area contributed by atoms with Crippen LogP contribution in [0.3, 0.4) is 0 Å². The minimum absolute atomic E-state index is 0.329. The first-order valence-electron chi connectivity index (χ1n) is 7.38. The molecule has 4 nitrogen and oxygen atoms in total. The number of rotatable bonds is 6. The zero-order chi connectivity index (χ0) is 25.6. The van der Waals surface area contributed by atoms with Crippen LogP contribution in [-0.2, 0) is 9.59 Å². The molecule has 0 saturated carbocycles. The van der Waals surface area contributed by atoms with Gasteiger partial charge < -0.3 is 10.6 Å². The lowest BCUT2D eigenvalue weighted by Crippen LogP contribution is -2.57. The molecule has 1 aromatic rings. The van der Waals surface area contributed by atoms with Gasteiger partial charge in [-0.3, -0.25) is 9.59 Å². The van der Waals surface area contributed by atoms with E-state index in [1.165, 1.54) is 0 Å². The van der Waals surface area contributed by atoms with Crippen LogP contribution in [0, 0.1) is 0 Å². The summed E-state index contributed by atoms with van der Waals surface area (Å²) < 4.78 is 176. The van der Waals surface area contributed by atoms with E-state index in [9.17, 15) is 71.1 Å². The maximum Gasteiger partial charge on any atom is 0.460 e. The summed E-state index contributed by atoms with van der Waals surface area (Å²) in [5.74, 6) is -32.5. The summed E-state index contributed by atoms with van der Waals surface area (Å²) in [7, 11) is 0. The third kappa shape index (κ3) is 4.67. The summed E-state index contributed by atoms with van der Waals surface area (Å²) >= 11 is 0. The van der Waals surface area contributed by atoms with Crippen molar-refractivity contribution in [1.82, 2.24) is 0 Å². The van der Waals surface area contributed by atoms with E-state index in [0.29, 0.717) is 24.3 Å². The van der Waals surface area contributed by atoms with E-state index in [1.54, 1.807) is 0 Å². The van der Waals surface area contributed by atoms with Crippen LogP contribution in [0.5, 0.6) is 0 Å². The van der Waals surface area contributed by atoms with Crippen molar-refractivity contribution in [3.05, 3.63) is 24.3 Å². The fourth-order valence-electron chi connectivity index (χ4n) is 1.70. The van der Waals surface area contributed by atoms with Crippen molar-refractivity contribution in [2.75, 3.05) is 10.6 Å². The second-order valence-corrected chi connectivity index (χ2v) is 5.78. The standard InChI is InChI=1S/C14H6F14N2O2/c15-9(16,11(19,20)13(23,24)25)7(31)29-5-1-2-6(4-3-5)30-8(32)10(17,18)12(21,22)14(26,27)28/h1-4H,(H,29,31)(H,30,32). The van der Waals surface area contributed by atoms with E-state index < -0.39 is 59.2 Å². The Morgan fingerprint density at radius 3 is 0.906 bits per heavy atom. The number of carbonyl (C=O) groups is 2. The number of anilines is 2. The largest absolute Gasteiger partial charge is 0.460 e. The average Bonchev–Trinajstić information content (AvgIpc) is 2.60. The van der Waals surface area contributed by atoms with E-state index in [4.69, 9.17) is 0 Å². The van der Waals surface area contributed by atoms with Gasteiger partial charge in [0.25, 0.3) is 0 Å². The molecule has 0 atom stereocenters. The van der Waals surface area contributed by atoms with Crippen LogP contribution < -0.4 is 10.6 Å². The molecule has 0 saturated heterocycles. The molecule has 1 rings (SSSR count). The predicted octanol–water partition coefficient (Wildman–Crippen LogP) is 5.23. The normalized spacial score (nSPS) is 14.2. The van der Waals surface area contributed by atoms with E-state index >= 15 is 0 Å². The van der Waals surface area contributed by atoms with Gasteiger partial charge in [-0.25, -0.2) is 0 Å². The van der Waals surface area contributed by atoms with Crippen molar-refractivity contribution in [1.29, 1.82) is 0 Å². The monoisotopic (exact) mass is 500 g/mol. The summed E-state index contributed by atoms with van der Waals surface area (Å²) in [6.45, 7) is 0. The Balaban J connectivity index is 2.99. The quantitative estimate of drug-likeness (QED) is 0.526. The predicted molar refractivity (Wildman–Crippen MR) is 75.6 cm³/mol. The molecular formula is C14H6F14N2O2. The average molecular weight is 500 g/mol. The van der Waals surface area contributed by atoms with Crippen LogP contribution in [0.25, 0.3) is 0 Å². The summed E-state index contributed by atoms with van der Waals surface area (Å²) in [4.78, 5) is 22.3. The second-order valence-electron chi connectivity index (χ2n) is 5.78. The first kappa shape index (κ1) is 27.2. The molecule has 0 bridgehead atoms. The molecule has 0 fully saturated rings. The van der Waals surface area contributed by atoms with Crippen molar-refractivity contribution in [2.45, 2.75) is 36.0 Å². The lowest BCUT2D eigenvalue weighted by atomic mass is 10.1. The molecule has 0 heterocycles. The first-order valence-corrected chi connectivity index (χ1v) is 7.38. The zero-order valence-electron chi connectivity index (χ0n) is 14.4. The molecular weight excluding hydrogens is 494 g/mol. The van der Waals surface area contributed by atoms with Crippen LogP contribution in [0.1, 0.15) is 0 Å². The summed E-state index contributed by atoms with van der Waals surface area (Å²) in [6.07, 6.45) is -13.7. The van der Waals surface area contributed by atoms with Gasteiger partial charge >= 0.3 is 47.9 Å². The molecule has 2 N–H and O–H groups in total. The molecule has 18 heteroatoms. The third-order valence-corrected chi connectivity index (χ3v) is 3.47. The van der Waals surface area contributed by atoms with E-state index in [2.05, 4.69) is 0 Å². The Labute approximate surface area is 166 Å². The smallest absolute Gasteiger partial charge is 0.321 e. The molecule has 0 spiro atoms. The number of amides is 2. The molecule has 0 aliphatic carbocycles. The minimum Gasteiger partial charge on any atom is -0.321 e. The second kappa shape index (κ2) is 7.95. The van der Waals surface area contributed by atoms with Gasteiger partial charge in [-0.2, -0.15) is 61.5 Å². The molecule has 32 heavy (non-hydrogen) atoms. The summed E-state index contributed by atoms with van der Waals surface area (Å²) in [6, 6.07) is 1.31. The Morgan fingerprint density at radius 2 is 0.719 bits per heavy atom. The van der Waals surface area contributed by atoms with Crippen LogP contribution in [0.15, 0.2) is 24.3 Å². The van der Waals surface area contributed by atoms with E-state index in [1.807, 2.05) is 0 Å². The maximum absolute atomic E-state index is 13.2. The summed E-state index contributed by atoms with van der Waals surface area (Å²) in [5.41, 5.74) is -1.95. The molecule has 0 radical (unpaired) electrons. The summed E-state index contributed by atoms with van der Waals surface area (Å²) in [5, 5.41) is 1.83. The molecule has 2 amide bonds. The first-order chi connectivity index (χ1) is 14.0. The van der Waals surface area contributed by atoms with Gasteiger partial charge in [0.1, 0.15) is 0 Å². The van der Waals surface area contributed by atoms with Crippen molar-refractivity contribution in [3.63, 3.8) is 0 Å². The number of alkyl halides is 14. The highest BCUT2D eigenvalue weighted by molar-refractivity contribution is 5.98. The number of carbonyl (C=O) groups excluding carboxylic acids is 2. The van der Waals surface area contributed by atoms with Crippen LogP contribution in [0.2, 0.25) is 0 Å². The fourth-order valence-corrected chi connectivity index (χ4v) is 1.70. The number of hydrogen-bond donors (Lipinski definition) is 2. The Bertz CT molecular complexity index is 787. The van der Waals surface area contributed by atoms with Gasteiger partial charge in [0.2, 0.25) is 0 Å². The molecule has 0 aliphatic rings. The van der Waals surface area contributed by atoms with Crippen molar-refractivity contribution >= 4 is 23.2 Å². The van der Waals surface area contributed by atoms with Gasteiger partial charge in [0.15, 0.2) is 0 Å². The number of nitrogens with one attached hydrogen (secondary N) is 2. The van der Waals surface area contributed by atoms with Crippen LogP contribution in [-0.4, -0.2) is 47.9 Å². The van der Waals surface area contributed by atoms with Crippen molar-refractivity contribution in [2.24, 2.45) is 0 Å². The molecule has 0 aliphatic heterocycles. The van der Waals surface area contributed by atoms with Gasteiger partial charge in [0.05, 0.1) is 0 Å². The maximum atomic E-state index is 13.2. The zero-order valence-corrected chi connectivity index (χ0v) is 14.4. The number of hydrogen-bond acceptors (Lipinski definition) is 2. The van der Waals surface area contributed by atoms with Crippen LogP contribution in [0.4, 0.5) is 72.8 Å². The Morgan fingerprint density at radius 1 is 0.500 bits per heavy atom. The fraction of sp³-hybridized carbons (Fsp3) is 0.429. The third-order valence-electron chi connectivity index (χ3n) is 3.47. The number of halogens is 14. The van der Waals surface area contributed by atoms with Gasteiger partial charge in [-0.05, 0) is 24.3 Å². The van der Waals surface area contributed by atoms with Crippen molar-refractivity contribution < 1.29 is 71.1 Å². The lowest BCUT2D eigenvalue weighted by Gasteiger charge is -2.27.